The van der Waals surface area contributed by atoms with E-state index in [0.29, 0.717) is 37.4 Å². The van der Waals surface area contributed by atoms with E-state index >= 15 is 0 Å². The average Bonchev–Trinajstić information content (AvgIpc) is 3.33. The summed E-state index contributed by atoms with van der Waals surface area (Å²) in [5.41, 5.74) is -0.796. The molecule has 1 N–H and O–H groups in total. The van der Waals surface area contributed by atoms with Crippen molar-refractivity contribution in [2.75, 3.05) is 31.7 Å². The first kappa shape index (κ1) is 29.1. The van der Waals surface area contributed by atoms with Gasteiger partial charge < -0.3 is 29.3 Å². The van der Waals surface area contributed by atoms with Gasteiger partial charge in [0, 0.05) is 25.3 Å². The number of aliphatic hydroxyl groups excluding tert-OH is 1. The molecule has 9 heteroatoms. The van der Waals surface area contributed by atoms with Crippen molar-refractivity contribution in [2.24, 2.45) is 11.8 Å². The van der Waals surface area contributed by atoms with Crippen LogP contribution in [0.1, 0.15) is 32.3 Å². The van der Waals surface area contributed by atoms with Crippen LogP contribution in [-0.2, 0) is 25.7 Å². The first-order valence-corrected chi connectivity index (χ1v) is 15.1. The van der Waals surface area contributed by atoms with Crippen LogP contribution in [0, 0.1) is 11.8 Å². The number of carbonyl (C=O) groups excluding carboxylic acids is 3. The van der Waals surface area contributed by atoms with E-state index in [1.165, 1.54) is 4.90 Å². The van der Waals surface area contributed by atoms with Crippen molar-refractivity contribution in [1.82, 2.24) is 9.80 Å². The minimum Gasteiger partial charge on any atom is -0.497 e. The lowest BCUT2D eigenvalue weighted by Crippen LogP contribution is -2.59. The Morgan fingerprint density at radius 1 is 0.930 bits per heavy atom. The number of carbonyl (C=O) groups is 3. The number of methoxy groups -OCH3 is 1. The highest BCUT2D eigenvalue weighted by Crippen LogP contribution is 2.59. The summed E-state index contributed by atoms with van der Waals surface area (Å²) >= 11 is 0. The summed E-state index contributed by atoms with van der Waals surface area (Å²) in [5.74, 6) is -1.90. The van der Waals surface area contributed by atoms with Gasteiger partial charge in [-0.3, -0.25) is 14.4 Å². The molecule has 2 aromatic rings. The lowest BCUT2D eigenvalue weighted by Gasteiger charge is -2.40. The smallest absolute Gasteiger partial charge is 0.253 e. The molecule has 6 rings (SSSR count). The number of hydrogen-bond acceptors (Lipinski definition) is 6. The van der Waals surface area contributed by atoms with Crippen LogP contribution >= 0.6 is 0 Å². The molecule has 2 saturated heterocycles. The standard InChI is InChI=1S/C34H39N3O6/c1-4-24(22-38)37-29-32(41)36(25-13-15-26(42-3)16-14-25)20-10-18-34(29)28(31(37)40)27-30(39)35(21-23-11-7-6-8-12-23)19-9-17-33(27,5-2)43-34/h6-18,24,27-29,38H,4-5,19-22H2,1-3H3/t24-,27+,28-,29?,33-,34-/m0/s1. The molecule has 226 valence electrons. The maximum Gasteiger partial charge on any atom is 0.253 e. The number of anilines is 1. The van der Waals surface area contributed by atoms with Crippen LogP contribution in [0.15, 0.2) is 78.9 Å². The zero-order valence-corrected chi connectivity index (χ0v) is 24.9. The number of nitrogens with zero attached hydrogens (tertiary/aromatic N) is 3. The third kappa shape index (κ3) is 4.48. The van der Waals surface area contributed by atoms with Crippen molar-refractivity contribution in [3.05, 3.63) is 84.5 Å². The molecule has 0 aromatic heterocycles. The third-order valence-electron chi connectivity index (χ3n) is 9.64. The minimum absolute atomic E-state index is 0.166. The van der Waals surface area contributed by atoms with Crippen molar-refractivity contribution in [3.63, 3.8) is 0 Å². The molecule has 9 nitrogen and oxygen atoms in total. The lowest BCUT2D eigenvalue weighted by molar-refractivity contribution is -0.153. The predicted molar refractivity (Wildman–Crippen MR) is 161 cm³/mol. The zero-order chi connectivity index (χ0) is 30.4. The molecule has 1 spiro atoms. The minimum atomic E-state index is -1.38. The van der Waals surface area contributed by atoms with Gasteiger partial charge >= 0.3 is 0 Å². The summed E-state index contributed by atoms with van der Waals surface area (Å²) in [5, 5.41) is 10.4. The molecule has 0 bridgehead atoms. The number of aliphatic hydroxyl groups is 1. The fourth-order valence-electron chi connectivity index (χ4n) is 7.50. The fourth-order valence-corrected chi connectivity index (χ4v) is 7.50. The van der Waals surface area contributed by atoms with E-state index in [1.807, 2.05) is 80.6 Å². The maximum atomic E-state index is 14.7. The number of hydrogen-bond donors (Lipinski definition) is 1. The highest BCUT2D eigenvalue weighted by Gasteiger charge is 2.75. The molecule has 4 heterocycles. The zero-order valence-electron chi connectivity index (χ0n) is 24.9. The van der Waals surface area contributed by atoms with Gasteiger partial charge in [0.25, 0.3) is 5.91 Å². The molecule has 0 aliphatic carbocycles. The van der Waals surface area contributed by atoms with Gasteiger partial charge in [-0.25, -0.2) is 0 Å². The van der Waals surface area contributed by atoms with Gasteiger partial charge in [0.15, 0.2) is 0 Å². The van der Waals surface area contributed by atoms with Crippen molar-refractivity contribution in [1.29, 1.82) is 0 Å². The van der Waals surface area contributed by atoms with Crippen LogP contribution in [0.4, 0.5) is 5.69 Å². The molecular weight excluding hydrogens is 546 g/mol. The second kappa shape index (κ2) is 11.3. The van der Waals surface area contributed by atoms with Gasteiger partial charge in [-0.05, 0) is 42.7 Å². The Hall–Kier alpha value is -3.95. The largest absolute Gasteiger partial charge is 0.497 e. The maximum absolute atomic E-state index is 14.7. The van der Waals surface area contributed by atoms with Gasteiger partial charge in [0.1, 0.15) is 17.4 Å². The summed E-state index contributed by atoms with van der Waals surface area (Å²) in [4.78, 5) is 48.8. The van der Waals surface area contributed by atoms with Crippen molar-refractivity contribution in [3.8, 4) is 5.75 Å². The Kier molecular flexibility index (Phi) is 7.64. The van der Waals surface area contributed by atoms with Crippen molar-refractivity contribution in [2.45, 2.75) is 56.5 Å². The van der Waals surface area contributed by atoms with Gasteiger partial charge in [-0.15, -0.1) is 0 Å². The average molecular weight is 586 g/mol. The van der Waals surface area contributed by atoms with E-state index < -0.39 is 35.1 Å². The third-order valence-corrected chi connectivity index (χ3v) is 9.64. The summed E-state index contributed by atoms with van der Waals surface area (Å²) < 4.78 is 12.4. The van der Waals surface area contributed by atoms with E-state index in [2.05, 4.69) is 0 Å². The highest BCUT2D eigenvalue weighted by atomic mass is 16.5. The first-order chi connectivity index (χ1) is 20.8. The van der Waals surface area contributed by atoms with Gasteiger partial charge in [0.05, 0.1) is 37.2 Å². The van der Waals surface area contributed by atoms with Crippen molar-refractivity contribution >= 4 is 23.4 Å². The molecule has 4 aliphatic heterocycles. The molecule has 43 heavy (non-hydrogen) atoms. The van der Waals surface area contributed by atoms with E-state index in [0.717, 1.165) is 5.56 Å². The molecule has 4 aliphatic rings. The Morgan fingerprint density at radius 3 is 2.30 bits per heavy atom. The fraction of sp³-hybridized carbons (Fsp3) is 0.441. The second-order valence-corrected chi connectivity index (χ2v) is 11.8. The Bertz CT molecular complexity index is 1440. The molecule has 2 aromatic carbocycles. The molecule has 6 atom stereocenters. The van der Waals surface area contributed by atoms with E-state index in [4.69, 9.17) is 9.47 Å². The quantitative estimate of drug-likeness (QED) is 0.478. The van der Waals surface area contributed by atoms with Crippen LogP contribution in [0.3, 0.4) is 0 Å². The SMILES string of the molecule is CC[C@@H](CO)N1C(=O)[C@@H]2[C@@H]3C(=O)N(Cc4ccccc4)CC=C[C@]3(CC)O[C@@]23C=CCN(c2ccc(OC)cc2)C(=O)C13. The summed E-state index contributed by atoms with van der Waals surface area (Å²) in [6.45, 7) is 4.59. The summed E-state index contributed by atoms with van der Waals surface area (Å²) in [6, 6.07) is 15.3. The molecule has 0 saturated carbocycles. The van der Waals surface area contributed by atoms with Crippen LogP contribution in [0.2, 0.25) is 0 Å². The van der Waals surface area contributed by atoms with Gasteiger partial charge in [0.2, 0.25) is 11.8 Å². The van der Waals surface area contributed by atoms with Crippen LogP contribution in [0.25, 0.3) is 0 Å². The van der Waals surface area contributed by atoms with Crippen molar-refractivity contribution < 1.29 is 29.0 Å². The molecule has 0 radical (unpaired) electrons. The number of amides is 3. The van der Waals surface area contributed by atoms with E-state index in [9.17, 15) is 19.5 Å². The van der Waals surface area contributed by atoms with Gasteiger partial charge in [-0.1, -0.05) is 68.5 Å². The molecule has 2 fully saturated rings. The van der Waals surface area contributed by atoms with E-state index in [1.54, 1.807) is 29.0 Å². The van der Waals surface area contributed by atoms with Crippen LogP contribution in [0.5, 0.6) is 5.75 Å². The molecule has 3 amide bonds. The second-order valence-electron chi connectivity index (χ2n) is 11.8. The van der Waals surface area contributed by atoms with Crippen LogP contribution in [-0.4, -0.2) is 82.7 Å². The normalized spacial score (nSPS) is 30.6. The number of rotatable bonds is 8. The monoisotopic (exact) mass is 585 g/mol. The Morgan fingerprint density at radius 2 is 1.65 bits per heavy atom. The van der Waals surface area contributed by atoms with Crippen LogP contribution < -0.4 is 9.64 Å². The first-order valence-electron chi connectivity index (χ1n) is 15.1. The summed E-state index contributed by atoms with van der Waals surface area (Å²) in [7, 11) is 1.58. The number of benzene rings is 2. The number of ether oxygens (including phenoxy) is 2. The highest BCUT2D eigenvalue weighted by molar-refractivity contribution is 6.06. The molecular formula is C34H39N3O6. The number of fused-ring (bicyclic) bond motifs is 2. The summed E-state index contributed by atoms with van der Waals surface area (Å²) in [6.07, 6.45) is 8.51. The van der Waals surface area contributed by atoms with E-state index in [-0.39, 0.29) is 30.9 Å². The predicted octanol–water partition coefficient (Wildman–Crippen LogP) is 3.33. The topological polar surface area (TPSA) is 99.6 Å². The number of likely N-dealkylation sites (tertiary alicyclic amines) is 1. The van der Waals surface area contributed by atoms with Gasteiger partial charge in [-0.2, -0.15) is 0 Å². The molecule has 1 unspecified atom stereocenters. The Balaban J connectivity index is 1.46. The lowest BCUT2D eigenvalue weighted by atomic mass is 9.73. The Labute approximate surface area is 252 Å².